The summed E-state index contributed by atoms with van der Waals surface area (Å²) in [6.07, 6.45) is 0. The molecule has 0 aliphatic carbocycles. The fraction of sp³-hybridized carbons (Fsp3) is 0. The fourth-order valence-corrected chi connectivity index (χ4v) is 0. The van der Waals surface area contributed by atoms with Gasteiger partial charge in [-0.25, -0.2) is 0 Å². The summed E-state index contributed by atoms with van der Waals surface area (Å²) in [5, 5.41) is 0. The third-order valence-corrected chi connectivity index (χ3v) is 0. The zero-order chi connectivity index (χ0) is 0. The molecule has 0 saturated heterocycles. The van der Waals surface area contributed by atoms with Crippen molar-refractivity contribution in [2.75, 3.05) is 0 Å². The van der Waals surface area contributed by atoms with E-state index in [1.165, 1.54) is 0 Å². The number of nitrogens with two attached hydrogens (primary N) is 2. The molecular weight excluding hydrogens is 278 g/mol. The molecule has 4 N–H and O–H groups in total. The van der Waals surface area contributed by atoms with Crippen LogP contribution in [0, 0.1) is 0 Å². The van der Waals surface area contributed by atoms with E-state index in [-0.39, 0.29) is 59.7 Å². The average molecular weight is 284 g/mol. The quantitative estimate of drug-likeness (QED) is 0.490. The summed E-state index contributed by atoms with van der Waals surface area (Å²) in [5.41, 5.74) is 0. The minimum atomic E-state index is 0. The summed E-state index contributed by atoms with van der Waals surface area (Å²) in [6, 6.07) is 0. The molecule has 5 heavy (non-hydrogen) atoms. The molecule has 39 valence electrons. The first kappa shape index (κ1) is 107. The van der Waals surface area contributed by atoms with E-state index < -0.39 is 0 Å². The van der Waals surface area contributed by atoms with Crippen LogP contribution in [0.25, 0.3) is 12.3 Å². The Labute approximate surface area is 59.8 Å². The van der Waals surface area contributed by atoms with Crippen molar-refractivity contribution in [1.29, 1.82) is 0 Å². The predicted octanol–water partition coefficient (Wildman–Crippen LogP) is 0.891. The second-order valence-electron chi connectivity index (χ2n) is 0. The van der Waals surface area contributed by atoms with Crippen LogP contribution in [0.4, 0.5) is 0 Å². The fourth-order valence-electron chi connectivity index (χ4n) is 0. The normalized spacial score (nSPS) is 0. The van der Waals surface area contributed by atoms with Crippen LogP contribution in [0.1, 0.15) is 0 Å². The molecule has 5 heteroatoms. The maximum absolute atomic E-state index is 0. The summed E-state index contributed by atoms with van der Waals surface area (Å²) in [7, 11) is 0. The van der Waals surface area contributed by atoms with Crippen molar-refractivity contribution < 1.29 is 20.4 Å². The van der Waals surface area contributed by atoms with Gasteiger partial charge in [0.15, 0.2) is 0 Å². The van der Waals surface area contributed by atoms with E-state index in [4.69, 9.17) is 0 Å². The first-order chi connectivity index (χ1) is 0. The van der Waals surface area contributed by atoms with E-state index in [0.29, 0.717) is 0 Å². The van der Waals surface area contributed by atoms with Gasteiger partial charge in [0, 0.05) is 20.4 Å². The van der Waals surface area contributed by atoms with E-state index in [1.807, 2.05) is 0 Å². The summed E-state index contributed by atoms with van der Waals surface area (Å²) < 4.78 is 0. The third kappa shape index (κ3) is 34.6. The van der Waals surface area contributed by atoms with Crippen molar-refractivity contribution in [2.45, 2.75) is 0 Å². The Bertz CT molecular complexity index is 7.61. The maximum Gasteiger partial charge on any atom is 0 e. The van der Waals surface area contributed by atoms with Gasteiger partial charge in [0.1, 0.15) is 0 Å². The molecule has 0 atom stereocenters. The Morgan fingerprint density at radius 2 is 0.600 bits per heavy atom. The van der Waals surface area contributed by atoms with Gasteiger partial charge in [-0.05, 0) is 0 Å². The average Bonchev–Trinajstić information content (AvgIpc) is 0. The van der Waals surface area contributed by atoms with Crippen LogP contribution in [-0.2, 0) is 47.4 Å². The zero-order valence-corrected chi connectivity index (χ0v) is 6.93. The topological polar surface area (TPSA) is 67.0 Å². The second-order valence-corrected chi connectivity index (χ2v) is 0. The van der Waals surface area contributed by atoms with Gasteiger partial charge < -0.3 is 39.3 Å². The molecule has 0 heterocycles. The van der Waals surface area contributed by atoms with Gasteiger partial charge in [0.2, 0.25) is 0 Å². The Kier molecular flexibility index (Phi) is 1260. The Hall–Kier alpha value is 1.28. The molecule has 1 radical (unpaired) electrons. The molecule has 0 spiro atoms. The summed E-state index contributed by atoms with van der Waals surface area (Å²) in [4.78, 5) is 0. The number of hydrogen-bond acceptors (Lipinski definition) is 2. The van der Waals surface area contributed by atoms with E-state index in [0.717, 1.165) is 0 Å². The van der Waals surface area contributed by atoms with Crippen molar-refractivity contribution in [3.05, 3.63) is 12.3 Å². The van der Waals surface area contributed by atoms with E-state index >= 15 is 0 Å². The van der Waals surface area contributed by atoms with Gasteiger partial charge in [0.25, 0.3) is 0 Å². The van der Waals surface area contributed by atoms with Gasteiger partial charge in [-0.15, -0.1) is 0 Å². The van der Waals surface area contributed by atoms with Crippen LogP contribution in [0.2, 0.25) is 0 Å². The van der Waals surface area contributed by atoms with Crippen LogP contribution < -0.4 is 0 Å². The van der Waals surface area contributed by atoms with Crippen molar-refractivity contribution >= 4 is 27.0 Å². The Morgan fingerprint density at radius 1 is 0.600 bits per heavy atom. The Morgan fingerprint density at radius 3 is 0.600 bits per heavy atom. The number of rotatable bonds is 0. The molecular formula is H6N2ReS2-4. The number of thiol groups is 2. The van der Waals surface area contributed by atoms with Crippen LogP contribution >= 0.6 is 0 Å². The van der Waals surface area contributed by atoms with Gasteiger partial charge in [-0.2, -0.15) is 0 Å². The molecule has 0 amide bonds. The van der Waals surface area contributed by atoms with E-state index in [9.17, 15) is 0 Å². The molecule has 0 fully saturated rings. The van der Waals surface area contributed by atoms with Crippen molar-refractivity contribution in [1.82, 2.24) is 0 Å². The van der Waals surface area contributed by atoms with E-state index in [1.54, 1.807) is 0 Å². The molecule has 0 aromatic rings. The molecule has 0 aliphatic rings. The molecule has 0 aliphatic heterocycles. The molecule has 0 bridgehead atoms. The van der Waals surface area contributed by atoms with E-state index in [2.05, 4.69) is 0 Å². The zero-order valence-electron chi connectivity index (χ0n) is 2.43. The summed E-state index contributed by atoms with van der Waals surface area (Å²) >= 11 is 0. The first-order valence-corrected chi connectivity index (χ1v) is 0. The maximum atomic E-state index is 0. The van der Waals surface area contributed by atoms with Gasteiger partial charge in [-0.1, -0.05) is 0 Å². The number of hydrogen-bond donors (Lipinski definition) is 0. The summed E-state index contributed by atoms with van der Waals surface area (Å²) in [5.74, 6) is 0. The van der Waals surface area contributed by atoms with Crippen molar-refractivity contribution in [3.63, 3.8) is 0 Å². The van der Waals surface area contributed by atoms with Gasteiger partial charge >= 0.3 is 0 Å². The smallest absolute Gasteiger partial charge is 0 e. The first-order valence-electron chi connectivity index (χ1n) is 0. The van der Waals surface area contributed by atoms with Crippen LogP contribution in [0.3, 0.4) is 0 Å². The molecule has 0 aromatic carbocycles. The SMILES string of the molecule is [NH2-].[NH2-].[Re].[SH-].[SH-]. The van der Waals surface area contributed by atoms with Crippen molar-refractivity contribution in [3.8, 4) is 0 Å². The van der Waals surface area contributed by atoms with Crippen molar-refractivity contribution in [2.24, 2.45) is 0 Å². The van der Waals surface area contributed by atoms with Gasteiger partial charge in [-0.3, -0.25) is 0 Å². The second kappa shape index (κ2) is 58.9. The molecule has 0 unspecified atom stereocenters. The largest absolute Gasteiger partial charge is 0.813 e. The third-order valence-electron chi connectivity index (χ3n) is 0. The standard InChI is InChI=1S/2H2N.Re.2H2S/h2*1H2;;2*1H2/q2*-1;;;/p-2. The van der Waals surface area contributed by atoms with Crippen LogP contribution in [-0.4, -0.2) is 0 Å². The monoisotopic (exact) mass is 285 g/mol. The molecule has 2 nitrogen and oxygen atoms in total. The van der Waals surface area contributed by atoms with Crippen LogP contribution in [0.15, 0.2) is 0 Å². The minimum absolute atomic E-state index is 0. The summed E-state index contributed by atoms with van der Waals surface area (Å²) in [6.45, 7) is 0. The molecule has 0 aromatic heterocycles. The Balaban J connectivity index is 0. The predicted molar refractivity (Wildman–Crippen MR) is 28.1 cm³/mol. The van der Waals surface area contributed by atoms with Gasteiger partial charge in [0.05, 0.1) is 0 Å². The van der Waals surface area contributed by atoms with Crippen LogP contribution in [0.5, 0.6) is 0 Å². The minimum Gasteiger partial charge on any atom is -0.813 e. The molecule has 0 rings (SSSR count). The molecule has 0 saturated carbocycles.